The zero-order valence-corrected chi connectivity index (χ0v) is 28.4. The molecule has 0 aromatic carbocycles. The van der Waals surface area contributed by atoms with Gasteiger partial charge in [0.1, 0.15) is 6.54 Å². The summed E-state index contributed by atoms with van der Waals surface area (Å²) >= 11 is 0. The number of rotatable bonds is 32. The minimum absolute atomic E-state index is 1.07. The molecule has 1 heterocycles. The van der Waals surface area contributed by atoms with Gasteiger partial charge in [0.2, 0.25) is 0 Å². The van der Waals surface area contributed by atoms with Crippen molar-refractivity contribution in [3.63, 3.8) is 0 Å². The lowest BCUT2D eigenvalue weighted by atomic mass is 10.0. The number of quaternary nitrogens is 1. The molecule has 0 bridgehead atoms. The van der Waals surface area contributed by atoms with E-state index in [1.807, 2.05) is 0 Å². The van der Waals surface area contributed by atoms with Crippen LogP contribution in [0.4, 0.5) is 0 Å². The lowest BCUT2D eigenvalue weighted by molar-refractivity contribution is -0.815. The van der Waals surface area contributed by atoms with Gasteiger partial charge in [-0.1, -0.05) is 187 Å². The van der Waals surface area contributed by atoms with E-state index in [1.54, 1.807) is 0 Å². The molecule has 0 aliphatic carbocycles. The van der Waals surface area contributed by atoms with Crippen molar-refractivity contribution in [2.75, 3.05) is 26.7 Å². The molecule has 40 heavy (non-hydrogen) atoms. The fourth-order valence-corrected chi connectivity index (χ4v) is 6.78. The molecule has 1 atom stereocenters. The second-order valence-electron chi connectivity index (χ2n) is 13.8. The molecule has 2 nitrogen and oxygen atoms in total. The molecule has 0 saturated carbocycles. The first-order valence-electron chi connectivity index (χ1n) is 19.1. The Labute approximate surface area is 254 Å². The Morgan fingerprint density at radius 2 is 0.725 bits per heavy atom. The molecule has 0 aromatic rings. The highest BCUT2D eigenvalue weighted by Gasteiger charge is 2.32. The molecule has 2 heteroatoms. The Bertz CT molecular complexity index is 542. The van der Waals surface area contributed by atoms with Crippen LogP contribution in [0.5, 0.6) is 0 Å². The van der Waals surface area contributed by atoms with Crippen LogP contribution >= 0.6 is 0 Å². The number of amidine groups is 1. The fourth-order valence-electron chi connectivity index (χ4n) is 6.78. The molecule has 0 amide bonds. The van der Waals surface area contributed by atoms with Crippen molar-refractivity contribution in [1.82, 2.24) is 0 Å². The monoisotopic (exact) mass is 562 g/mol. The number of nitrogens with zero attached hydrogens (tertiary/aromatic N) is 2. The van der Waals surface area contributed by atoms with Crippen molar-refractivity contribution in [2.24, 2.45) is 4.99 Å². The maximum absolute atomic E-state index is 4.97. The zero-order valence-electron chi connectivity index (χ0n) is 28.4. The van der Waals surface area contributed by atoms with E-state index in [4.69, 9.17) is 4.99 Å². The maximum Gasteiger partial charge on any atom is 0.198 e. The Kier molecular flexibility index (Phi) is 27.1. The van der Waals surface area contributed by atoms with Crippen LogP contribution in [0.25, 0.3) is 0 Å². The minimum Gasteiger partial charge on any atom is -0.280 e. The summed E-state index contributed by atoms with van der Waals surface area (Å²) < 4.78 is 1.16. The van der Waals surface area contributed by atoms with Gasteiger partial charge in [-0.25, -0.2) is 4.99 Å². The summed E-state index contributed by atoms with van der Waals surface area (Å²) in [7, 11) is 2.47. The molecule has 0 saturated heterocycles. The van der Waals surface area contributed by atoms with E-state index in [-0.39, 0.29) is 0 Å². The first-order valence-corrected chi connectivity index (χ1v) is 19.1. The van der Waals surface area contributed by atoms with Crippen molar-refractivity contribution in [1.29, 1.82) is 0 Å². The maximum atomic E-state index is 4.97. The van der Waals surface area contributed by atoms with Gasteiger partial charge in [0.15, 0.2) is 5.84 Å². The first-order chi connectivity index (χ1) is 19.7. The van der Waals surface area contributed by atoms with Crippen molar-refractivity contribution in [2.45, 2.75) is 213 Å². The van der Waals surface area contributed by atoms with Gasteiger partial charge in [-0.05, 0) is 19.3 Å². The lowest BCUT2D eigenvalue weighted by Crippen LogP contribution is -2.47. The van der Waals surface area contributed by atoms with Gasteiger partial charge in [-0.3, -0.25) is 4.48 Å². The molecule has 0 fully saturated rings. The topological polar surface area (TPSA) is 12.4 Å². The molecular weight excluding hydrogens is 484 g/mol. The quantitative estimate of drug-likeness (QED) is 0.0572. The predicted molar refractivity (Wildman–Crippen MR) is 183 cm³/mol. The molecule has 0 aromatic heterocycles. The highest BCUT2D eigenvalue weighted by molar-refractivity contribution is 5.76. The average molecular weight is 562 g/mol. The predicted octanol–water partition coefficient (Wildman–Crippen LogP) is 13.0. The SMILES string of the molecule is CCCCCCCCCCCCCCCCCC1=NCC[N+]1(C)CCCCCCCCCCCCCCCCC. The van der Waals surface area contributed by atoms with Gasteiger partial charge in [0.05, 0.1) is 20.1 Å². The smallest absolute Gasteiger partial charge is 0.198 e. The third kappa shape index (κ3) is 22.3. The molecule has 0 radical (unpaired) electrons. The van der Waals surface area contributed by atoms with Crippen LogP contribution in [0.3, 0.4) is 0 Å². The number of hydrogen-bond donors (Lipinski definition) is 0. The van der Waals surface area contributed by atoms with E-state index in [0.717, 1.165) is 11.0 Å². The normalized spacial score (nSPS) is 17.1. The van der Waals surface area contributed by atoms with E-state index in [2.05, 4.69) is 20.9 Å². The molecule has 1 aliphatic heterocycles. The Morgan fingerprint density at radius 1 is 0.425 bits per heavy atom. The number of likely N-dealkylation sites (N-methyl/N-ethyl adjacent to an activating group) is 1. The Balaban J connectivity index is 1.87. The van der Waals surface area contributed by atoms with E-state index >= 15 is 0 Å². The van der Waals surface area contributed by atoms with Gasteiger partial charge < -0.3 is 0 Å². The van der Waals surface area contributed by atoms with Crippen molar-refractivity contribution in [3.05, 3.63) is 0 Å². The molecule has 1 rings (SSSR count). The van der Waals surface area contributed by atoms with Crippen LogP contribution in [0.1, 0.15) is 213 Å². The standard InChI is InChI=1S/C38H77N2/c1-4-6-8-10-12-14-16-18-20-22-24-26-28-30-32-34-38-39-35-37-40(38,3)36-33-31-29-27-25-23-21-19-17-15-13-11-9-7-5-2/h4-37H2,1-3H3/q+1. The minimum atomic E-state index is 1.07. The molecular formula is C38H77N2+. The third-order valence-electron chi connectivity index (χ3n) is 9.77. The van der Waals surface area contributed by atoms with Gasteiger partial charge in [0, 0.05) is 6.42 Å². The average Bonchev–Trinajstić information content (AvgIpc) is 3.32. The van der Waals surface area contributed by atoms with Crippen molar-refractivity contribution >= 4 is 5.84 Å². The number of aliphatic imine (C=N–C) groups is 1. The largest absolute Gasteiger partial charge is 0.280 e. The summed E-state index contributed by atoms with van der Waals surface area (Å²) in [6, 6.07) is 0. The highest BCUT2D eigenvalue weighted by Crippen LogP contribution is 2.21. The van der Waals surface area contributed by atoms with Gasteiger partial charge in [-0.15, -0.1) is 0 Å². The van der Waals surface area contributed by atoms with Crippen molar-refractivity contribution < 1.29 is 4.48 Å². The van der Waals surface area contributed by atoms with E-state index in [0.29, 0.717) is 0 Å². The Morgan fingerprint density at radius 3 is 1.07 bits per heavy atom. The van der Waals surface area contributed by atoms with Gasteiger partial charge >= 0.3 is 0 Å². The second-order valence-corrected chi connectivity index (χ2v) is 13.8. The van der Waals surface area contributed by atoms with E-state index < -0.39 is 0 Å². The fraction of sp³-hybridized carbons (Fsp3) is 0.974. The molecule has 1 aliphatic rings. The summed E-state index contributed by atoms with van der Waals surface area (Å²) in [5.74, 6) is 1.53. The molecule has 0 N–H and O–H groups in total. The molecule has 0 spiro atoms. The summed E-state index contributed by atoms with van der Waals surface area (Å²) in [6.45, 7) is 8.27. The highest BCUT2D eigenvalue weighted by atomic mass is 15.4. The first kappa shape index (κ1) is 37.7. The molecule has 238 valence electrons. The van der Waals surface area contributed by atoms with E-state index in [9.17, 15) is 0 Å². The summed E-state index contributed by atoms with van der Waals surface area (Å²) in [5, 5.41) is 0. The summed E-state index contributed by atoms with van der Waals surface area (Å²) in [5.41, 5.74) is 0. The van der Waals surface area contributed by atoms with Gasteiger partial charge in [-0.2, -0.15) is 0 Å². The van der Waals surface area contributed by atoms with E-state index in [1.165, 1.54) is 218 Å². The van der Waals surface area contributed by atoms with Crippen LogP contribution in [0, 0.1) is 0 Å². The van der Waals surface area contributed by atoms with Gasteiger partial charge in [0.25, 0.3) is 0 Å². The third-order valence-corrected chi connectivity index (χ3v) is 9.77. The zero-order chi connectivity index (χ0) is 28.8. The van der Waals surface area contributed by atoms with Crippen LogP contribution in [0.15, 0.2) is 4.99 Å². The Hall–Kier alpha value is -0.370. The molecule has 1 unspecified atom stereocenters. The lowest BCUT2D eigenvalue weighted by Gasteiger charge is -2.30. The van der Waals surface area contributed by atoms with Crippen molar-refractivity contribution in [3.8, 4) is 0 Å². The second kappa shape index (κ2) is 28.7. The van der Waals surface area contributed by atoms with Crippen LogP contribution in [-0.2, 0) is 0 Å². The van der Waals surface area contributed by atoms with Crippen LogP contribution in [0.2, 0.25) is 0 Å². The number of unbranched alkanes of at least 4 members (excludes halogenated alkanes) is 28. The summed E-state index contributed by atoms with van der Waals surface area (Å²) in [6.07, 6.45) is 44.8. The summed E-state index contributed by atoms with van der Waals surface area (Å²) in [4.78, 5) is 4.97. The van der Waals surface area contributed by atoms with Crippen LogP contribution < -0.4 is 0 Å². The number of hydrogen-bond acceptors (Lipinski definition) is 1. The van der Waals surface area contributed by atoms with Crippen LogP contribution in [-0.4, -0.2) is 37.0 Å².